The van der Waals surface area contributed by atoms with Crippen LogP contribution in [0.1, 0.15) is 11.1 Å². The van der Waals surface area contributed by atoms with Crippen LogP contribution in [0.25, 0.3) is 0 Å². The molecule has 12 heavy (non-hydrogen) atoms. The number of benzene rings is 1. The molecule has 0 aliphatic carbocycles. The predicted octanol–water partition coefficient (Wildman–Crippen LogP) is 1.89. The second-order valence-corrected chi connectivity index (χ2v) is 3.03. The quantitative estimate of drug-likeness (QED) is 0.667. The Balaban J connectivity index is 2.75. The van der Waals surface area contributed by atoms with E-state index in [0.717, 1.165) is 6.67 Å². The molecule has 2 nitrogen and oxygen atoms in total. The van der Waals surface area contributed by atoms with Gasteiger partial charge in [0.05, 0.1) is 6.67 Å². The number of rotatable bonds is 3. The molecule has 0 saturated carbocycles. The maximum Gasteiger partial charge on any atom is 0.0650 e. The smallest absolute Gasteiger partial charge is 0.0650 e. The van der Waals surface area contributed by atoms with E-state index in [1.165, 1.54) is 16.8 Å². The minimum Gasteiger partial charge on any atom is -0.372 e. The molecule has 0 saturated heterocycles. The van der Waals surface area contributed by atoms with E-state index in [1.54, 1.807) is 0 Å². The van der Waals surface area contributed by atoms with Gasteiger partial charge in [0, 0.05) is 5.69 Å². The van der Waals surface area contributed by atoms with Crippen LogP contribution >= 0.6 is 0 Å². The van der Waals surface area contributed by atoms with Crippen LogP contribution in [-0.4, -0.2) is 13.7 Å². The van der Waals surface area contributed by atoms with E-state index in [4.69, 9.17) is 0 Å². The fourth-order valence-corrected chi connectivity index (χ4v) is 1.11. The number of hydrogen-bond acceptors (Lipinski definition) is 2. The summed E-state index contributed by atoms with van der Waals surface area (Å²) < 4.78 is 0. The zero-order valence-electron chi connectivity index (χ0n) is 7.94. The molecule has 1 rings (SSSR count). The average molecular weight is 164 g/mol. The van der Waals surface area contributed by atoms with Gasteiger partial charge in [-0.15, -0.1) is 0 Å². The third-order valence-electron chi connectivity index (χ3n) is 1.85. The standard InChI is InChI=1S/C10H16N2/c1-8-4-5-9(2)10(6-8)12-7-11-3/h4-6,11-12H,7H2,1-3H3. The zero-order valence-corrected chi connectivity index (χ0v) is 7.94. The van der Waals surface area contributed by atoms with Crippen LogP contribution in [0.4, 0.5) is 5.69 Å². The lowest BCUT2D eigenvalue weighted by molar-refractivity contribution is 0.873. The van der Waals surface area contributed by atoms with Crippen molar-refractivity contribution < 1.29 is 0 Å². The fourth-order valence-electron chi connectivity index (χ4n) is 1.11. The molecule has 0 atom stereocenters. The van der Waals surface area contributed by atoms with Gasteiger partial charge in [0.2, 0.25) is 0 Å². The summed E-state index contributed by atoms with van der Waals surface area (Å²) in [5, 5.41) is 6.34. The maximum atomic E-state index is 3.29. The minimum absolute atomic E-state index is 0.810. The second kappa shape index (κ2) is 4.12. The van der Waals surface area contributed by atoms with Gasteiger partial charge in [-0.05, 0) is 38.1 Å². The topological polar surface area (TPSA) is 24.1 Å². The highest BCUT2D eigenvalue weighted by Crippen LogP contribution is 2.15. The van der Waals surface area contributed by atoms with E-state index in [1.807, 2.05) is 7.05 Å². The third kappa shape index (κ3) is 2.24. The van der Waals surface area contributed by atoms with Gasteiger partial charge in [-0.3, -0.25) is 0 Å². The Kier molecular flexibility index (Phi) is 3.11. The largest absolute Gasteiger partial charge is 0.372 e. The first kappa shape index (κ1) is 9.07. The van der Waals surface area contributed by atoms with Gasteiger partial charge in [0.15, 0.2) is 0 Å². The first-order valence-corrected chi connectivity index (χ1v) is 4.20. The molecule has 2 heteroatoms. The van der Waals surface area contributed by atoms with Crippen molar-refractivity contribution in [3.05, 3.63) is 29.3 Å². The third-order valence-corrected chi connectivity index (χ3v) is 1.85. The summed E-state index contributed by atoms with van der Waals surface area (Å²) in [6.45, 7) is 5.02. The van der Waals surface area contributed by atoms with Crippen molar-refractivity contribution in [3.63, 3.8) is 0 Å². The summed E-state index contributed by atoms with van der Waals surface area (Å²) in [4.78, 5) is 0. The molecule has 0 aliphatic rings. The Bertz CT molecular complexity index is 256. The van der Waals surface area contributed by atoms with Crippen LogP contribution in [0.3, 0.4) is 0 Å². The van der Waals surface area contributed by atoms with Crippen molar-refractivity contribution in [2.45, 2.75) is 13.8 Å². The van der Waals surface area contributed by atoms with Crippen LogP contribution in [0.2, 0.25) is 0 Å². The van der Waals surface area contributed by atoms with Gasteiger partial charge >= 0.3 is 0 Å². The van der Waals surface area contributed by atoms with Crippen LogP contribution in [0.5, 0.6) is 0 Å². The Morgan fingerprint density at radius 2 is 2.00 bits per heavy atom. The Morgan fingerprint density at radius 1 is 1.25 bits per heavy atom. The van der Waals surface area contributed by atoms with E-state index < -0.39 is 0 Å². The number of aryl methyl sites for hydroxylation is 2. The molecule has 1 aromatic rings. The monoisotopic (exact) mass is 164 g/mol. The van der Waals surface area contributed by atoms with Gasteiger partial charge in [-0.2, -0.15) is 0 Å². The van der Waals surface area contributed by atoms with Crippen molar-refractivity contribution in [3.8, 4) is 0 Å². The molecule has 0 heterocycles. The molecular weight excluding hydrogens is 148 g/mol. The molecule has 0 aliphatic heterocycles. The van der Waals surface area contributed by atoms with Gasteiger partial charge in [-0.1, -0.05) is 12.1 Å². The van der Waals surface area contributed by atoms with Crippen molar-refractivity contribution in [2.75, 3.05) is 19.0 Å². The van der Waals surface area contributed by atoms with E-state index in [-0.39, 0.29) is 0 Å². The number of nitrogens with one attached hydrogen (secondary N) is 2. The first-order valence-electron chi connectivity index (χ1n) is 4.20. The molecule has 66 valence electrons. The number of hydrogen-bond donors (Lipinski definition) is 2. The summed E-state index contributed by atoms with van der Waals surface area (Å²) in [6, 6.07) is 6.42. The molecule has 0 amide bonds. The van der Waals surface area contributed by atoms with E-state index in [2.05, 4.69) is 42.7 Å². The highest BCUT2D eigenvalue weighted by atomic mass is 15.0. The van der Waals surface area contributed by atoms with E-state index in [0.29, 0.717) is 0 Å². The average Bonchev–Trinajstić information content (AvgIpc) is 2.07. The summed E-state index contributed by atoms with van der Waals surface area (Å²) in [7, 11) is 1.93. The lowest BCUT2D eigenvalue weighted by atomic mass is 10.1. The number of anilines is 1. The summed E-state index contributed by atoms with van der Waals surface area (Å²) in [5.41, 5.74) is 3.79. The normalized spacial score (nSPS) is 9.92. The minimum atomic E-state index is 0.810. The summed E-state index contributed by atoms with van der Waals surface area (Å²) in [6.07, 6.45) is 0. The van der Waals surface area contributed by atoms with Gasteiger partial charge in [-0.25, -0.2) is 0 Å². The maximum absolute atomic E-state index is 3.29. The molecule has 0 fully saturated rings. The van der Waals surface area contributed by atoms with E-state index in [9.17, 15) is 0 Å². The van der Waals surface area contributed by atoms with E-state index >= 15 is 0 Å². The fraction of sp³-hybridized carbons (Fsp3) is 0.400. The molecule has 2 N–H and O–H groups in total. The van der Waals surface area contributed by atoms with Crippen molar-refractivity contribution >= 4 is 5.69 Å². The molecule has 0 radical (unpaired) electrons. The first-order chi connectivity index (χ1) is 5.74. The van der Waals surface area contributed by atoms with Crippen LogP contribution in [0, 0.1) is 13.8 Å². The molecule has 0 bridgehead atoms. The van der Waals surface area contributed by atoms with Gasteiger partial charge in [0.25, 0.3) is 0 Å². The van der Waals surface area contributed by atoms with Gasteiger partial charge in [0.1, 0.15) is 0 Å². The molecule has 0 spiro atoms. The van der Waals surface area contributed by atoms with Crippen LogP contribution < -0.4 is 10.6 Å². The molecular formula is C10H16N2. The Hall–Kier alpha value is -1.02. The molecule has 1 aromatic carbocycles. The SMILES string of the molecule is CNCNc1cc(C)ccc1C. The summed E-state index contributed by atoms with van der Waals surface area (Å²) >= 11 is 0. The van der Waals surface area contributed by atoms with Crippen LogP contribution in [0.15, 0.2) is 18.2 Å². The van der Waals surface area contributed by atoms with Crippen LogP contribution in [-0.2, 0) is 0 Å². The lowest BCUT2D eigenvalue weighted by Crippen LogP contribution is -2.17. The lowest BCUT2D eigenvalue weighted by Gasteiger charge is -2.09. The van der Waals surface area contributed by atoms with Gasteiger partial charge < -0.3 is 10.6 Å². The van der Waals surface area contributed by atoms with Crippen molar-refractivity contribution in [1.29, 1.82) is 0 Å². The highest BCUT2D eigenvalue weighted by Gasteiger charge is 1.95. The molecule has 0 aromatic heterocycles. The second-order valence-electron chi connectivity index (χ2n) is 3.03. The van der Waals surface area contributed by atoms with Crippen molar-refractivity contribution in [1.82, 2.24) is 5.32 Å². The van der Waals surface area contributed by atoms with Crippen molar-refractivity contribution in [2.24, 2.45) is 0 Å². The Labute approximate surface area is 74.0 Å². The molecule has 0 unspecified atom stereocenters. The highest BCUT2D eigenvalue weighted by molar-refractivity contribution is 5.52. The predicted molar refractivity (Wildman–Crippen MR) is 53.5 cm³/mol. The zero-order chi connectivity index (χ0) is 8.97. The Morgan fingerprint density at radius 3 is 2.67 bits per heavy atom. The summed E-state index contributed by atoms with van der Waals surface area (Å²) in [5.74, 6) is 0.